The molecule has 0 bridgehead atoms. The van der Waals surface area contributed by atoms with Gasteiger partial charge in [0.1, 0.15) is 28.2 Å². The molecule has 1 aromatic carbocycles. The molecule has 0 saturated heterocycles. The zero-order chi connectivity index (χ0) is 17.3. The number of rotatable bonds is 3. The first-order valence-corrected chi connectivity index (χ1v) is 8.35. The maximum atomic E-state index is 12.6. The van der Waals surface area contributed by atoms with Gasteiger partial charge in [-0.25, -0.2) is 13.4 Å². The molecule has 122 valence electrons. The number of nitriles is 1. The van der Waals surface area contributed by atoms with Crippen LogP contribution in [0.25, 0.3) is 0 Å². The molecule has 1 aromatic heterocycles. The predicted octanol–water partition coefficient (Wildman–Crippen LogP) is 1.39. The summed E-state index contributed by atoms with van der Waals surface area (Å²) in [5, 5.41) is 11.4. The monoisotopic (exact) mass is 344 g/mol. The van der Waals surface area contributed by atoms with Crippen LogP contribution >= 0.6 is 0 Å². The maximum absolute atomic E-state index is 12.6. The lowest BCUT2D eigenvalue weighted by Crippen LogP contribution is -2.27. The Morgan fingerprint density at radius 1 is 1.33 bits per heavy atom. The first-order valence-electron chi connectivity index (χ1n) is 6.87. The summed E-state index contributed by atoms with van der Waals surface area (Å²) < 4.78 is 32.8. The van der Waals surface area contributed by atoms with Crippen molar-refractivity contribution in [1.29, 1.82) is 5.26 Å². The Morgan fingerprint density at radius 2 is 2.12 bits per heavy atom. The third-order valence-electron chi connectivity index (χ3n) is 3.35. The number of hydrogen-bond acceptors (Lipinski definition) is 6. The normalized spacial score (nSPS) is 13.2. The van der Waals surface area contributed by atoms with Crippen molar-refractivity contribution in [3.63, 3.8) is 0 Å². The molecular formula is C15H12N4O4S. The molecule has 24 heavy (non-hydrogen) atoms. The van der Waals surface area contributed by atoms with E-state index in [-0.39, 0.29) is 28.8 Å². The number of fused-ring (bicyclic) bond motifs is 1. The Bertz CT molecular complexity index is 979. The lowest BCUT2D eigenvalue weighted by atomic mass is 10.2. The summed E-state index contributed by atoms with van der Waals surface area (Å²) in [5.74, 6) is -0.0777. The molecule has 2 aromatic rings. The average Bonchev–Trinajstić information content (AvgIpc) is 2.54. The minimum Gasteiger partial charge on any atom is -0.482 e. The van der Waals surface area contributed by atoms with E-state index in [1.807, 2.05) is 6.07 Å². The summed E-state index contributed by atoms with van der Waals surface area (Å²) in [6.07, 6.45) is 0. The molecule has 0 unspecified atom stereocenters. The van der Waals surface area contributed by atoms with Gasteiger partial charge < -0.3 is 10.1 Å². The van der Waals surface area contributed by atoms with Crippen molar-refractivity contribution >= 4 is 27.4 Å². The number of anilines is 2. The molecule has 0 spiro atoms. The fraction of sp³-hybridized carbons (Fsp3) is 0.133. The molecule has 1 amide bonds. The van der Waals surface area contributed by atoms with Crippen LogP contribution in [0.1, 0.15) is 11.3 Å². The van der Waals surface area contributed by atoms with Crippen LogP contribution < -0.4 is 14.8 Å². The Labute approximate surface area is 138 Å². The first kappa shape index (κ1) is 15.8. The average molecular weight is 344 g/mol. The largest absolute Gasteiger partial charge is 0.482 e. The fourth-order valence-electron chi connectivity index (χ4n) is 2.23. The number of nitrogens with zero attached hydrogens (tertiary/aromatic N) is 2. The number of sulfonamides is 1. The van der Waals surface area contributed by atoms with Gasteiger partial charge in [-0.05, 0) is 31.2 Å². The van der Waals surface area contributed by atoms with Gasteiger partial charge in [-0.15, -0.1) is 0 Å². The topological polar surface area (TPSA) is 121 Å². The number of ether oxygens (including phenoxy) is 1. The molecule has 1 aliphatic rings. The molecule has 9 heteroatoms. The van der Waals surface area contributed by atoms with E-state index in [2.05, 4.69) is 15.0 Å². The molecule has 0 fully saturated rings. The van der Waals surface area contributed by atoms with Crippen molar-refractivity contribution in [3.8, 4) is 11.8 Å². The molecule has 8 nitrogen and oxygen atoms in total. The van der Waals surface area contributed by atoms with E-state index in [4.69, 9.17) is 10.00 Å². The first-order chi connectivity index (χ1) is 11.4. The second kappa shape index (κ2) is 5.82. The molecule has 0 aliphatic carbocycles. The number of aromatic nitrogens is 1. The molecule has 0 radical (unpaired) electrons. The highest BCUT2D eigenvalue weighted by Gasteiger charge is 2.26. The smallest absolute Gasteiger partial charge is 0.265 e. The number of carbonyl (C=O) groups excluding carboxylic acids is 1. The van der Waals surface area contributed by atoms with Gasteiger partial charge in [0.15, 0.2) is 6.61 Å². The van der Waals surface area contributed by atoms with E-state index >= 15 is 0 Å². The predicted molar refractivity (Wildman–Crippen MR) is 85.1 cm³/mol. The zero-order valence-corrected chi connectivity index (χ0v) is 13.3. The Balaban J connectivity index is 1.99. The van der Waals surface area contributed by atoms with Gasteiger partial charge in [-0.1, -0.05) is 6.07 Å². The van der Waals surface area contributed by atoms with E-state index in [0.29, 0.717) is 11.3 Å². The minimum atomic E-state index is -4.00. The van der Waals surface area contributed by atoms with Gasteiger partial charge in [-0.2, -0.15) is 5.26 Å². The van der Waals surface area contributed by atoms with Crippen LogP contribution in [0.15, 0.2) is 35.2 Å². The van der Waals surface area contributed by atoms with E-state index in [1.165, 1.54) is 24.3 Å². The lowest BCUT2D eigenvalue weighted by Gasteiger charge is -2.20. The lowest BCUT2D eigenvalue weighted by molar-refractivity contribution is -0.118. The van der Waals surface area contributed by atoms with E-state index in [9.17, 15) is 13.2 Å². The van der Waals surface area contributed by atoms with Crippen molar-refractivity contribution in [2.24, 2.45) is 0 Å². The number of para-hydroxylation sites is 1. The molecule has 2 N–H and O–H groups in total. The number of amides is 1. The number of aryl methyl sites for hydroxylation is 1. The third-order valence-corrected chi connectivity index (χ3v) is 4.74. The van der Waals surface area contributed by atoms with E-state index in [0.717, 1.165) is 0 Å². The fourth-order valence-corrected chi connectivity index (χ4v) is 3.40. The van der Waals surface area contributed by atoms with Crippen LogP contribution in [0.2, 0.25) is 0 Å². The van der Waals surface area contributed by atoms with Gasteiger partial charge in [0.05, 0.1) is 11.3 Å². The zero-order valence-electron chi connectivity index (χ0n) is 12.5. The summed E-state index contributed by atoms with van der Waals surface area (Å²) in [4.78, 5) is 15.4. The summed E-state index contributed by atoms with van der Waals surface area (Å²) in [7, 11) is -4.00. The summed E-state index contributed by atoms with van der Waals surface area (Å²) in [6.45, 7) is 1.44. The van der Waals surface area contributed by atoms with Crippen LogP contribution in [0.3, 0.4) is 0 Å². The van der Waals surface area contributed by atoms with Crippen molar-refractivity contribution in [2.45, 2.75) is 11.8 Å². The maximum Gasteiger partial charge on any atom is 0.265 e. The molecule has 0 atom stereocenters. The van der Waals surface area contributed by atoms with Gasteiger partial charge >= 0.3 is 0 Å². The number of benzene rings is 1. The highest BCUT2D eigenvalue weighted by Crippen LogP contribution is 2.34. The highest BCUT2D eigenvalue weighted by molar-refractivity contribution is 7.92. The summed E-state index contributed by atoms with van der Waals surface area (Å²) >= 11 is 0. The summed E-state index contributed by atoms with van der Waals surface area (Å²) in [6, 6.07) is 9.27. The molecule has 1 aliphatic heterocycles. The Morgan fingerprint density at radius 3 is 2.83 bits per heavy atom. The van der Waals surface area contributed by atoms with E-state index in [1.54, 1.807) is 13.0 Å². The van der Waals surface area contributed by atoms with E-state index < -0.39 is 15.9 Å². The van der Waals surface area contributed by atoms with Crippen molar-refractivity contribution in [3.05, 3.63) is 41.6 Å². The number of hydrogen-bond donors (Lipinski definition) is 2. The highest BCUT2D eigenvalue weighted by atomic mass is 32.2. The molecule has 3 rings (SSSR count). The van der Waals surface area contributed by atoms with Gasteiger partial charge in [-0.3, -0.25) is 9.52 Å². The Hall–Kier alpha value is -3.12. The van der Waals surface area contributed by atoms with Crippen molar-refractivity contribution in [1.82, 2.24) is 4.98 Å². The second-order valence-electron chi connectivity index (χ2n) is 5.01. The standard InChI is InChI=1S/C15H12N4O4S/c1-9-10(7-16)5-6-13(17-9)19-24(21,22)12-4-2-3-11-15(12)18-14(20)8-23-11/h2-6H,8H2,1H3,(H,17,19)(H,18,20). The molecule has 2 heterocycles. The van der Waals surface area contributed by atoms with Crippen LogP contribution in [0.5, 0.6) is 5.75 Å². The van der Waals surface area contributed by atoms with Crippen LogP contribution in [0.4, 0.5) is 11.5 Å². The van der Waals surface area contributed by atoms with Gasteiger partial charge in [0.2, 0.25) is 0 Å². The van der Waals surface area contributed by atoms with Crippen LogP contribution in [0, 0.1) is 18.3 Å². The third kappa shape index (κ3) is 2.87. The second-order valence-corrected chi connectivity index (χ2v) is 6.66. The number of pyridine rings is 1. The Kier molecular flexibility index (Phi) is 3.83. The van der Waals surface area contributed by atoms with Crippen molar-refractivity contribution in [2.75, 3.05) is 16.6 Å². The van der Waals surface area contributed by atoms with Crippen molar-refractivity contribution < 1.29 is 17.9 Å². The quantitative estimate of drug-likeness (QED) is 0.868. The minimum absolute atomic E-state index is 0.0761. The van der Waals surface area contributed by atoms with Crippen LogP contribution in [-0.2, 0) is 14.8 Å². The van der Waals surface area contributed by atoms with Crippen LogP contribution in [-0.4, -0.2) is 25.9 Å². The summed E-state index contributed by atoms with van der Waals surface area (Å²) in [5.41, 5.74) is 0.853. The van der Waals surface area contributed by atoms with Gasteiger partial charge in [0, 0.05) is 0 Å². The number of carbonyl (C=O) groups is 1. The van der Waals surface area contributed by atoms with Gasteiger partial charge in [0.25, 0.3) is 15.9 Å². The SMILES string of the molecule is Cc1nc(NS(=O)(=O)c2cccc3c2NC(=O)CO3)ccc1C#N. The molecular weight excluding hydrogens is 332 g/mol. The number of nitrogens with one attached hydrogen (secondary N) is 2. The molecule has 0 saturated carbocycles.